The number of H-pyrrole nitrogens is 1. The number of nitrogens with one attached hydrogen (secondary N) is 2. The SMILES string of the molecule is Cc1cc(Nc2ccc(N)nn2)n[nH]1. The van der Waals surface area contributed by atoms with Gasteiger partial charge in [0.05, 0.1) is 0 Å². The van der Waals surface area contributed by atoms with E-state index in [2.05, 4.69) is 25.7 Å². The molecule has 0 aromatic carbocycles. The number of nitrogens with zero attached hydrogens (tertiary/aromatic N) is 3. The monoisotopic (exact) mass is 190 g/mol. The van der Waals surface area contributed by atoms with Gasteiger partial charge in [-0.15, -0.1) is 10.2 Å². The van der Waals surface area contributed by atoms with E-state index in [0.29, 0.717) is 17.5 Å². The van der Waals surface area contributed by atoms with Gasteiger partial charge in [-0.1, -0.05) is 0 Å². The van der Waals surface area contributed by atoms with Crippen LogP contribution in [0.15, 0.2) is 18.2 Å². The second-order valence-corrected chi connectivity index (χ2v) is 2.90. The predicted octanol–water partition coefficient (Wildman–Crippen LogP) is 0.834. The molecule has 2 rings (SSSR count). The quantitative estimate of drug-likeness (QED) is 0.652. The largest absolute Gasteiger partial charge is 0.382 e. The number of aromatic amines is 1. The van der Waals surface area contributed by atoms with Gasteiger partial charge in [-0.05, 0) is 19.1 Å². The maximum absolute atomic E-state index is 5.40. The molecule has 6 nitrogen and oxygen atoms in total. The summed E-state index contributed by atoms with van der Waals surface area (Å²) in [6.07, 6.45) is 0. The molecule has 0 atom stereocenters. The van der Waals surface area contributed by atoms with E-state index in [0.717, 1.165) is 5.69 Å². The molecule has 0 spiro atoms. The van der Waals surface area contributed by atoms with Crippen LogP contribution in [0.2, 0.25) is 0 Å². The Balaban J connectivity index is 2.15. The van der Waals surface area contributed by atoms with Gasteiger partial charge in [0.25, 0.3) is 0 Å². The van der Waals surface area contributed by atoms with E-state index in [4.69, 9.17) is 5.73 Å². The summed E-state index contributed by atoms with van der Waals surface area (Å²) in [5.74, 6) is 1.72. The summed E-state index contributed by atoms with van der Waals surface area (Å²) in [5.41, 5.74) is 6.38. The minimum Gasteiger partial charge on any atom is -0.382 e. The highest BCUT2D eigenvalue weighted by molar-refractivity contribution is 5.51. The molecule has 4 N–H and O–H groups in total. The molecule has 14 heavy (non-hydrogen) atoms. The fraction of sp³-hybridized carbons (Fsp3) is 0.125. The molecule has 0 aliphatic carbocycles. The summed E-state index contributed by atoms with van der Waals surface area (Å²) in [6.45, 7) is 1.92. The smallest absolute Gasteiger partial charge is 0.154 e. The van der Waals surface area contributed by atoms with Gasteiger partial charge in [-0.3, -0.25) is 5.10 Å². The summed E-state index contributed by atoms with van der Waals surface area (Å²) in [6, 6.07) is 5.29. The van der Waals surface area contributed by atoms with Crippen LogP contribution in [-0.2, 0) is 0 Å². The average Bonchev–Trinajstić information content (AvgIpc) is 2.56. The van der Waals surface area contributed by atoms with Crippen LogP contribution < -0.4 is 11.1 Å². The molecule has 0 bridgehead atoms. The van der Waals surface area contributed by atoms with Gasteiger partial charge in [0.1, 0.15) is 5.82 Å². The van der Waals surface area contributed by atoms with Crippen molar-refractivity contribution >= 4 is 17.5 Å². The maximum atomic E-state index is 5.40. The third-order valence-electron chi connectivity index (χ3n) is 1.65. The van der Waals surface area contributed by atoms with Gasteiger partial charge in [-0.25, -0.2) is 0 Å². The molecule has 2 aromatic rings. The normalized spacial score (nSPS) is 10.1. The molecule has 2 aromatic heterocycles. The van der Waals surface area contributed by atoms with Gasteiger partial charge in [0, 0.05) is 11.8 Å². The van der Waals surface area contributed by atoms with Crippen molar-refractivity contribution in [1.29, 1.82) is 0 Å². The van der Waals surface area contributed by atoms with Crippen molar-refractivity contribution in [2.24, 2.45) is 0 Å². The Kier molecular flexibility index (Phi) is 2.02. The van der Waals surface area contributed by atoms with Crippen LogP contribution in [0.5, 0.6) is 0 Å². The maximum Gasteiger partial charge on any atom is 0.154 e. The Bertz CT molecular complexity index is 418. The number of aryl methyl sites for hydroxylation is 1. The molecule has 0 saturated carbocycles. The number of hydrogen-bond acceptors (Lipinski definition) is 5. The summed E-state index contributed by atoms with van der Waals surface area (Å²) in [4.78, 5) is 0. The van der Waals surface area contributed by atoms with Crippen molar-refractivity contribution in [1.82, 2.24) is 20.4 Å². The zero-order chi connectivity index (χ0) is 9.97. The lowest BCUT2D eigenvalue weighted by Crippen LogP contribution is -1.98. The number of hydrogen-bond donors (Lipinski definition) is 3. The van der Waals surface area contributed by atoms with Crippen LogP contribution >= 0.6 is 0 Å². The third kappa shape index (κ3) is 1.79. The van der Waals surface area contributed by atoms with E-state index < -0.39 is 0 Å². The second-order valence-electron chi connectivity index (χ2n) is 2.90. The molecule has 0 aliphatic heterocycles. The first kappa shape index (κ1) is 8.49. The van der Waals surface area contributed by atoms with Crippen LogP contribution in [0.1, 0.15) is 5.69 Å². The fourth-order valence-corrected chi connectivity index (χ4v) is 1.02. The Labute approximate surface area is 80.5 Å². The van der Waals surface area contributed by atoms with E-state index in [9.17, 15) is 0 Å². The van der Waals surface area contributed by atoms with E-state index in [1.165, 1.54) is 0 Å². The number of nitrogens with two attached hydrogens (primary N) is 1. The Morgan fingerprint density at radius 3 is 2.71 bits per heavy atom. The molecule has 0 amide bonds. The van der Waals surface area contributed by atoms with Gasteiger partial charge in [0.15, 0.2) is 11.6 Å². The lowest BCUT2D eigenvalue weighted by atomic mass is 10.4. The van der Waals surface area contributed by atoms with Crippen LogP contribution in [-0.4, -0.2) is 20.4 Å². The van der Waals surface area contributed by atoms with E-state index >= 15 is 0 Å². The van der Waals surface area contributed by atoms with Crippen molar-refractivity contribution in [2.75, 3.05) is 11.1 Å². The zero-order valence-corrected chi connectivity index (χ0v) is 7.65. The van der Waals surface area contributed by atoms with Gasteiger partial charge < -0.3 is 11.1 Å². The van der Waals surface area contributed by atoms with Crippen molar-refractivity contribution in [2.45, 2.75) is 6.92 Å². The minimum absolute atomic E-state index is 0.397. The highest BCUT2D eigenvalue weighted by Gasteiger charge is 1.99. The third-order valence-corrected chi connectivity index (χ3v) is 1.65. The number of anilines is 3. The number of rotatable bonds is 2. The molecular formula is C8H10N6. The summed E-state index contributed by atoms with van der Waals surface area (Å²) in [5, 5.41) is 17.3. The van der Waals surface area contributed by atoms with Gasteiger partial charge >= 0.3 is 0 Å². The van der Waals surface area contributed by atoms with Crippen LogP contribution in [0, 0.1) is 6.92 Å². The van der Waals surface area contributed by atoms with E-state index in [1.54, 1.807) is 12.1 Å². The lowest BCUT2D eigenvalue weighted by molar-refractivity contribution is 1.03. The van der Waals surface area contributed by atoms with Gasteiger partial charge in [-0.2, -0.15) is 5.10 Å². The topological polar surface area (TPSA) is 92.5 Å². The first-order valence-electron chi connectivity index (χ1n) is 4.12. The highest BCUT2D eigenvalue weighted by atomic mass is 15.2. The zero-order valence-electron chi connectivity index (χ0n) is 7.65. The molecule has 2 heterocycles. The molecule has 6 heteroatoms. The highest BCUT2D eigenvalue weighted by Crippen LogP contribution is 2.11. The van der Waals surface area contributed by atoms with Crippen LogP contribution in [0.4, 0.5) is 17.5 Å². The standard InChI is InChI=1S/C8H10N6/c1-5-4-8(14-11-5)10-7-3-2-6(9)12-13-7/h2-4H,1H3,(H2,9,12)(H2,10,11,13,14). The summed E-state index contributed by atoms with van der Waals surface area (Å²) >= 11 is 0. The molecule has 0 radical (unpaired) electrons. The van der Waals surface area contributed by atoms with E-state index in [1.807, 2.05) is 13.0 Å². The molecule has 0 unspecified atom stereocenters. The molecule has 0 fully saturated rings. The average molecular weight is 190 g/mol. The number of nitrogen functional groups attached to an aromatic ring is 1. The Morgan fingerprint density at radius 2 is 2.14 bits per heavy atom. The van der Waals surface area contributed by atoms with Crippen molar-refractivity contribution in [3.05, 3.63) is 23.9 Å². The van der Waals surface area contributed by atoms with Crippen LogP contribution in [0.25, 0.3) is 0 Å². The second kappa shape index (κ2) is 3.33. The first-order chi connectivity index (χ1) is 6.74. The lowest BCUT2D eigenvalue weighted by Gasteiger charge is -1.99. The summed E-state index contributed by atoms with van der Waals surface area (Å²) in [7, 11) is 0. The fourth-order valence-electron chi connectivity index (χ4n) is 1.02. The van der Waals surface area contributed by atoms with Gasteiger partial charge in [0.2, 0.25) is 0 Å². The molecule has 72 valence electrons. The first-order valence-corrected chi connectivity index (χ1v) is 4.12. The van der Waals surface area contributed by atoms with Crippen molar-refractivity contribution < 1.29 is 0 Å². The molecule has 0 aliphatic rings. The summed E-state index contributed by atoms with van der Waals surface area (Å²) < 4.78 is 0. The number of aromatic nitrogens is 4. The molecular weight excluding hydrogens is 180 g/mol. The van der Waals surface area contributed by atoms with Crippen molar-refractivity contribution in [3.63, 3.8) is 0 Å². The molecule has 0 saturated heterocycles. The van der Waals surface area contributed by atoms with Crippen molar-refractivity contribution in [3.8, 4) is 0 Å². The Morgan fingerprint density at radius 1 is 1.29 bits per heavy atom. The predicted molar refractivity (Wildman–Crippen MR) is 53.1 cm³/mol. The Hall–Kier alpha value is -2.11. The van der Waals surface area contributed by atoms with E-state index in [-0.39, 0.29) is 0 Å². The minimum atomic E-state index is 0.397. The van der Waals surface area contributed by atoms with Crippen LogP contribution in [0.3, 0.4) is 0 Å².